The van der Waals surface area contributed by atoms with Gasteiger partial charge >= 0.3 is 6.09 Å². The summed E-state index contributed by atoms with van der Waals surface area (Å²) >= 11 is 0. The van der Waals surface area contributed by atoms with E-state index in [0.29, 0.717) is 19.0 Å². The van der Waals surface area contributed by atoms with Crippen LogP contribution < -0.4 is 5.32 Å². The first-order chi connectivity index (χ1) is 7.90. The molecule has 1 aliphatic rings. The number of hydrogen-bond donors (Lipinski definition) is 1. The molecule has 94 valence electrons. The van der Waals surface area contributed by atoms with Crippen LogP contribution in [0.3, 0.4) is 0 Å². The number of aromatic nitrogens is 1. The van der Waals surface area contributed by atoms with E-state index >= 15 is 0 Å². The van der Waals surface area contributed by atoms with Gasteiger partial charge in [-0.25, -0.2) is 4.79 Å². The number of nitrogens with zero attached hydrogens (tertiary/aromatic N) is 2. The Morgan fingerprint density at radius 2 is 2.18 bits per heavy atom. The number of carbonyl (C=O) groups is 1. The third-order valence-corrected chi connectivity index (χ3v) is 2.44. The van der Waals surface area contributed by atoms with E-state index in [1.807, 2.05) is 20.8 Å². The third kappa shape index (κ3) is 2.35. The van der Waals surface area contributed by atoms with Crippen molar-refractivity contribution in [1.29, 1.82) is 0 Å². The molecule has 1 aromatic rings. The van der Waals surface area contributed by atoms with Crippen molar-refractivity contribution in [2.45, 2.75) is 39.5 Å². The van der Waals surface area contributed by atoms with Gasteiger partial charge in [-0.15, -0.1) is 0 Å². The van der Waals surface area contributed by atoms with Gasteiger partial charge in [0.05, 0.1) is 18.7 Å². The first-order valence-electron chi connectivity index (χ1n) is 5.54. The van der Waals surface area contributed by atoms with Crippen LogP contribution in [0.1, 0.15) is 32.0 Å². The molecule has 0 bridgehead atoms. The van der Waals surface area contributed by atoms with Gasteiger partial charge in [-0.05, 0) is 20.8 Å². The number of anilines is 1. The Morgan fingerprint density at radius 1 is 1.47 bits per heavy atom. The summed E-state index contributed by atoms with van der Waals surface area (Å²) in [6.45, 7) is 6.46. The van der Waals surface area contributed by atoms with Gasteiger partial charge in [0.15, 0.2) is 0 Å². The molecule has 2 rings (SSSR count). The second-order valence-electron chi connectivity index (χ2n) is 5.02. The zero-order chi connectivity index (χ0) is 12.6. The summed E-state index contributed by atoms with van der Waals surface area (Å²) in [4.78, 5) is 13.5. The zero-order valence-electron chi connectivity index (χ0n) is 10.5. The summed E-state index contributed by atoms with van der Waals surface area (Å²) in [5.41, 5.74) is 1.24. The highest BCUT2D eigenvalue weighted by Crippen LogP contribution is 2.29. The lowest BCUT2D eigenvalue weighted by atomic mass is 10.2. The number of hydrogen-bond acceptors (Lipinski definition) is 5. The molecule has 6 heteroatoms. The average molecular weight is 239 g/mol. The van der Waals surface area contributed by atoms with E-state index in [2.05, 4.69) is 10.5 Å². The van der Waals surface area contributed by atoms with E-state index in [1.165, 1.54) is 0 Å². The Kier molecular flexibility index (Phi) is 2.73. The predicted octanol–water partition coefficient (Wildman–Crippen LogP) is 1.97. The summed E-state index contributed by atoms with van der Waals surface area (Å²) in [6, 6.07) is 0. The van der Waals surface area contributed by atoms with E-state index in [-0.39, 0.29) is 6.09 Å². The average Bonchev–Trinajstić information content (AvgIpc) is 2.72. The number of fused-ring (bicyclic) bond motifs is 1. The third-order valence-electron chi connectivity index (χ3n) is 2.44. The van der Waals surface area contributed by atoms with E-state index < -0.39 is 5.60 Å². The maximum Gasteiger partial charge on any atom is 0.410 e. The predicted molar refractivity (Wildman–Crippen MR) is 61.5 cm³/mol. The SMILES string of the molecule is CNc1onc2c1CN(C(=O)OC(C)(C)C)C2. The maximum atomic E-state index is 11.9. The highest BCUT2D eigenvalue weighted by atomic mass is 16.6. The molecule has 1 amide bonds. The van der Waals surface area contributed by atoms with Crippen LogP contribution in [-0.2, 0) is 17.8 Å². The Hall–Kier alpha value is -1.72. The Bertz CT molecular complexity index is 434. The molecule has 2 heterocycles. The molecular weight excluding hydrogens is 222 g/mol. The summed E-state index contributed by atoms with van der Waals surface area (Å²) in [5, 5.41) is 6.82. The lowest BCUT2D eigenvalue weighted by Gasteiger charge is -2.24. The van der Waals surface area contributed by atoms with Crippen molar-refractivity contribution in [2.75, 3.05) is 12.4 Å². The topological polar surface area (TPSA) is 67.6 Å². The van der Waals surface area contributed by atoms with E-state index in [4.69, 9.17) is 9.26 Å². The summed E-state index contributed by atoms with van der Waals surface area (Å²) in [7, 11) is 1.76. The monoisotopic (exact) mass is 239 g/mol. The second kappa shape index (κ2) is 3.94. The van der Waals surface area contributed by atoms with Crippen LogP contribution in [0, 0.1) is 0 Å². The highest BCUT2D eigenvalue weighted by Gasteiger charge is 2.32. The van der Waals surface area contributed by atoms with Crippen molar-refractivity contribution in [3.05, 3.63) is 11.3 Å². The molecule has 1 aromatic heterocycles. The summed E-state index contributed by atoms with van der Waals surface area (Å²) < 4.78 is 10.4. The van der Waals surface area contributed by atoms with Crippen LogP contribution in [-0.4, -0.2) is 28.8 Å². The first kappa shape index (κ1) is 11.8. The number of amides is 1. The van der Waals surface area contributed by atoms with E-state index in [9.17, 15) is 4.79 Å². The van der Waals surface area contributed by atoms with Gasteiger partial charge in [-0.2, -0.15) is 0 Å². The molecule has 0 spiro atoms. The highest BCUT2D eigenvalue weighted by molar-refractivity contribution is 5.69. The minimum atomic E-state index is -0.479. The van der Waals surface area contributed by atoms with Crippen LogP contribution in [0.25, 0.3) is 0 Å². The number of carbonyl (C=O) groups excluding carboxylic acids is 1. The Balaban J connectivity index is 2.05. The van der Waals surface area contributed by atoms with Crippen LogP contribution in [0.2, 0.25) is 0 Å². The maximum absolute atomic E-state index is 11.9. The summed E-state index contributed by atoms with van der Waals surface area (Å²) in [6.07, 6.45) is -0.322. The van der Waals surface area contributed by atoms with Crippen molar-refractivity contribution in [2.24, 2.45) is 0 Å². The molecule has 0 fully saturated rings. The number of nitrogens with one attached hydrogen (secondary N) is 1. The van der Waals surface area contributed by atoms with Crippen molar-refractivity contribution in [1.82, 2.24) is 10.1 Å². The molecule has 1 aliphatic heterocycles. The van der Waals surface area contributed by atoms with Crippen molar-refractivity contribution in [3.8, 4) is 0 Å². The van der Waals surface area contributed by atoms with Crippen LogP contribution in [0.15, 0.2) is 4.52 Å². The van der Waals surface area contributed by atoms with Gasteiger partial charge in [0.25, 0.3) is 0 Å². The van der Waals surface area contributed by atoms with Gasteiger partial charge in [0.1, 0.15) is 11.3 Å². The lowest BCUT2D eigenvalue weighted by Crippen LogP contribution is -2.33. The first-order valence-corrected chi connectivity index (χ1v) is 5.54. The fourth-order valence-corrected chi connectivity index (χ4v) is 1.71. The zero-order valence-corrected chi connectivity index (χ0v) is 10.5. The number of rotatable bonds is 1. The molecule has 0 saturated carbocycles. The van der Waals surface area contributed by atoms with Crippen LogP contribution in [0.4, 0.5) is 10.7 Å². The Labute approximate surface area is 99.9 Å². The molecule has 0 aliphatic carbocycles. The molecule has 1 N–H and O–H groups in total. The minimum Gasteiger partial charge on any atom is -0.444 e. The van der Waals surface area contributed by atoms with Gasteiger partial charge in [-0.3, -0.25) is 4.90 Å². The molecule has 0 radical (unpaired) electrons. The minimum absolute atomic E-state index is 0.322. The normalized spacial score (nSPS) is 14.7. The lowest BCUT2D eigenvalue weighted by molar-refractivity contribution is 0.0237. The van der Waals surface area contributed by atoms with Crippen molar-refractivity contribution in [3.63, 3.8) is 0 Å². The van der Waals surface area contributed by atoms with Gasteiger partial charge in [-0.1, -0.05) is 5.16 Å². The Morgan fingerprint density at radius 3 is 2.76 bits per heavy atom. The standard InChI is InChI=1S/C11H17N3O3/c1-11(2,3)16-10(15)14-5-7-8(6-14)13-17-9(7)12-4/h12H,5-6H2,1-4H3. The van der Waals surface area contributed by atoms with Gasteiger partial charge < -0.3 is 14.6 Å². The number of ether oxygens (including phenoxy) is 1. The molecular formula is C11H17N3O3. The molecule has 17 heavy (non-hydrogen) atoms. The van der Waals surface area contributed by atoms with Crippen LogP contribution >= 0.6 is 0 Å². The molecule has 0 atom stereocenters. The smallest absolute Gasteiger partial charge is 0.410 e. The second-order valence-corrected chi connectivity index (χ2v) is 5.02. The molecule has 0 aromatic carbocycles. The largest absolute Gasteiger partial charge is 0.444 e. The fourth-order valence-electron chi connectivity index (χ4n) is 1.71. The fraction of sp³-hybridized carbons (Fsp3) is 0.636. The molecule has 0 saturated heterocycles. The summed E-state index contributed by atoms with van der Waals surface area (Å²) in [5.74, 6) is 0.617. The molecule has 6 nitrogen and oxygen atoms in total. The quantitative estimate of drug-likeness (QED) is 0.811. The van der Waals surface area contributed by atoms with Gasteiger partial charge in [0, 0.05) is 7.05 Å². The molecule has 0 unspecified atom stereocenters. The van der Waals surface area contributed by atoms with E-state index in [1.54, 1.807) is 11.9 Å². The van der Waals surface area contributed by atoms with Crippen molar-refractivity contribution >= 4 is 12.0 Å². The van der Waals surface area contributed by atoms with E-state index in [0.717, 1.165) is 11.3 Å². The van der Waals surface area contributed by atoms with Crippen LogP contribution in [0.5, 0.6) is 0 Å². The van der Waals surface area contributed by atoms with Crippen molar-refractivity contribution < 1.29 is 14.1 Å². The van der Waals surface area contributed by atoms with Gasteiger partial charge in [0.2, 0.25) is 5.88 Å².